The van der Waals surface area contributed by atoms with Crippen LogP contribution in [-0.2, 0) is 14.8 Å². The van der Waals surface area contributed by atoms with Crippen LogP contribution < -0.4 is 23.4 Å². The van der Waals surface area contributed by atoms with Crippen molar-refractivity contribution in [1.29, 1.82) is 0 Å². The lowest BCUT2D eigenvalue weighted by molar-refractivity contribution is -0.944. The molecule has 0 spiro atoms. The largest absolute Gasteiger partial charge is 1.00 e. The third-order valence-electron chi connectivity index (χ3n) is 2.18. The molecular formula is C6H16ClN3O3S. The Hall–Kier alpha value is 0.0800. The maximum absolute atomic E-state index is 10.7. The lowest BCUT2D eigenvalue weighted by Gasteiger charge is -2.35. The highest BCUT2D eigenvalue weighted by atomic mass is 35.5. The fourth-order valence-electron chi connectivity index (χ4n) is 1.24. The summed E-state index contributed by atoms with van der Waals surface area (Å²) in [4.78, 5) is 0. The van der Waals surface area contributed by atoms with E-state index in [1.807, 2.05) is 0 Å². The number of hydrogen-bond donors (Lipinski definition) is 2. The zero-order valence-electron chi connectivity index (χ0n) is 7.86. The van der Waals surface area contributed by atoms with Crippen LogP contribution in [0.15, 0.2) is 0 Å². The first-order chi connectivity index (χ1) is 5.91. The van der Waals surface area contributed by atoms with Gasteiger partial charge in [0.1, 0.15) is 25.4 Å². The van der Waals surface area contributed by atoms with Crippen LogP contribution in [0.1, 0.15) is 0 Å². The van der Waals surface area contributed by atoms with Gasteiger partial charge in [0.15, 0.2) is 0 Å². The molecule has 0 unspecified atom stereocenters. The maximum Gasteiger partial charge on any atom is 0.214 e. The Morgan fingerprint density at radius 1 is 1.29 bits per heavy atom. The molecule has 0 saturated carbocycles. The molecule has 6 nitrogen and oxygen atoms in total. The monoisotopic (exact) mass is 245 g/mol. The van der Waals surface area contributed by atoms with Crippen LogP contribution >= 0.6 is 0 Å². The Kier molecular flexibility index (Phi) is 5.27. The molecule has 0 aromatic rings. The molecule has 0 atom stereocenters. The molecule has 0 radical (unpaired) electrons. The van der Waals surface area contributed by atoms with Gasteiger partial charge in [-0.15, -0.1) is 0 Å². The molecule has 1 aliphatic rings. The number of hydrogen-bond acceptors (Lipinski definition) is 4. The third-order valence-corrected chi connectivity index (χ3v) is 2.93. The van der Waals surface area contributed by atoms with E-state index in [-0.39, 0.29) is 22.8 Å². The van der Waals surface area contributed by atoms with Crippen LogP contribution in [0.25, 0.3) is 0 Å². The van der Waals surface area contributed by atoms with Crippen molar-refractivity contribution in [2.45, 2.75) is 0 Å². The average Bonchev–Trinajstić information content (AvgIpc) is 2.02. The minimum absolute atomic E-state index is 0. The number of nitrogens with zero attached hydrogens (tertiary/aromatic N) is 1. The van der Waals surface area contributed by atoms with Gasteiger partial charge in [0.25, 0.3) is 0 Å². The van der Waals surface area contributed by atoms with Gasteiger partial charge in [0.05, 0.1) is 13.2 Å². The lowest BCUT2D eigenvalue weighted by atomic mass is 10.4. The van der Waals surface area contributed by atoms with Gasteiger partial charge in [-0.1, -0.05) is 0 Å². The summed E-state index contributed by atoms with van der Waals surface area (Å²) in [5.74, 6) is 5.84. The Labute approximate surface area is 90.2 Å². The number of halogens is 1. The standard InChI is InChI=1S/C6H16N3O3S.ClH/c7-9(1-4-12-5-2-9)3-6-13(8,10)11;/h1-7H2,(H2,8,10,11);1H/q+1;/p-1. The molecule has 0 bridgehead atoms. The second-order valence-electron chi connectivity index (χ2n) is 3.37. The van der Waals surface area contributed by atoms with E-state index in [2.05, 4.69) is 0 Å². The molecular weight excluding hydrogens is 230 g/mol. The number of quaternary nitrogens is 1. The van der Waals surface area contributed by atoms with E-state index in [1.165, 1.54) is 0 Å². The predicted octanol–water partition coefficient (Wildman–Crippen LogP) is -5.00. The van der Waals surface area contributed by atoms with Gasteiger partial charge in [0.2, 0.25) is 10.0 Å². The number of morpholine rings is 1. The molecule has 0 aromatic carbocycles. The van der Waals surface area contributed by atoms with Crippen molar-refractivity contribution in [3.63, 3.8) is 0 Å². The Morgan fingerprint density at radius 2 is 1.79 bits per heavy atom. The number of rotatable bonds is 3. The van der Waals surface area contributed by atoms with Crippen molar-refractivity contribution in [3.05, 3.63) is 0 Å². The zero-order valence-corrected chi connectivity index (χ0v) is 9.43. The molecule has 1 aliphatic heterocycles. The van der Waals surface area contributed by atoms with E-state index in [9.17, 15) is 8.42 Å². The quantitative estimate of drug-likeness (QED) is 0.385. The van der Waals surface area contributed by atoms with Crippen LogP contribution in [0.4, 0.5) is 0 Å². The first kappa shape index (κ1) is 14.1. The Morgan fingerprint density at radius 3 is 2.21 bits per heavy atom. The van der Waals surface area contributed by atoms with E-state index >= 15 is 0 Å². The summed E-state index contributed by atoms with van der Waals surface area (Å²) >= 11 is 0. The van der Waals surface area contributed by atoms with Gasteiger partial charge >= 0.3 is 0 Å². The fourth-order valence-corrected chi connectivity index (χ4v) is 1.86. The van der Waals surface area contributed by atoms with Crippen molar-refractivity contribution < 1.29 is 30.2 Å². The minimum atomic E-state index is -3.40. The van der Waals surface area contributed by atoms with Crippen molar-refractivity contribution >= 4 is 10.0 Å². The number of sulfonamides is 1. The normalized spacial score (nSPS) is 21.3. The molecule has 14 heavy (non-hydrogen) atoms. The molecule has 1 rings (SSSR count). The summed E-state index contributed by atoms with van der Waals surface area (Å²) in [6, 6.07) is 0. The zero-order chi connectivity index (χ0) is 9.95. The molecule has 0 aliphatic carbocycles. The topological polar surface area (TPSA) is 95.4 Å². The van der Waals surface area contributed by atoms with Gasteiger partial charge in [-0.2, -0.15) is 5.84 Å². The molecule has 1 fully saturated rings. The second kappa shape index (κ2) is 5.24. The van der Waals surface area contributed by atoms with Crippen molar-refractivity contribution in [1.82, 2.24) is 0 Å². The first-order valence-corrected chi connectivity index (χ1v) is 5.86. The summed E-state index contributed by atoms with van der Waals surface area (Å²) in [6.45, 7) is 2.83. The second-order valence-corrected chi connectivity index (χ2v) is 5.10. The third kappa shape index (κ3) is 5.08. The van der Waals surface area contributed by atoms with Crippen LogP contribution in [0.2, 0.25) is 0 Å². The lowest BCUT2D eigenvalue weighted by Crippen LogP contribution is -3.00. The van der Waals surface area contributed by atoms with Crippen LogP contribution in [0.5, 0.6) is 0 Å². The average molecular weight is 246 g/mol. The van der Waals surface area contributed by atoms with E-state index < -0.39 is 10.0 Å². The van der Waals surface area contributed by atoms with Gasteiger partial charge < -0.3 is 17.1 Å². The fraction of sp³-hybridized carbons (Fsp3) is 1.00. The van der Waals surface area contributed by atoms with Crippen LogP contribution in [-0.4, -0.2) is 51.6 Å². The molecule has 0 aromatic heterocycles. The van der Waals surface area contributed by atoms with E-state index in [0.29, 0.717) is 32.8 Å². The summed E-state index contributed by atoms with van der Waals surface area (Å²) < 4.78 is 26.8. The summed E-state index contributed by atoms with van der Waals surface area (Å²) in [5.41, 5.74) is 0. The summed E-state index contributed by atoms with van der Waals surface area (Å²) in [6.07, 6.45) is 0. The number of primary sulfonamides is 1. The van der Waals surface area contributed by atoms with Crippen molar-refractivity contribution in [2.24, 2.45) is 11.0 Å². The van der Waals surface area contributed by atoms with Crippen LogP contribution in [0, 0.1) is 0 Å². The maximum atomic E-state index is 10.7. The van der Waals surface area contributed by atoms with Gasteiger partial charge in [0, 0.05) is 0 Å². The predicted molar refractivity (Wildman–Crippen MR) is 47.8 cm³/mol. The van der Waals surface area contributed by atoms with Gasteiger partial charge in [-0.25, -0.2) is 18.1 Å². The van der Waals surface area contributed by atoms with Crippen LogP contribution in [0.3, 0.4) is 0 Å². The first-order valence-electron chi connectivity index (χ1n) is 4.14. The summed E-state index contributed by atoms with van der Waals surface area (Å²) in [7, 11) is -3.40. The van der Waals surface area contributed by atoms with E-state index in [0.717, 1.165) is 0 Å². The highest BCUT2D eigenvalue weighted by Crippen LogP contribution is 2.03. The van der Waals surface area contributed by atoms with E-state index in [4.69, 9.17) is 15.7 Å². The molecule has 8 heteroatoms. The van der Waals surface area contributed by atoms with Crippen molar-refractivity contribution in [3.8, 4) is 0 Å². The van der Waals surface area contributed by atoms with Gasteiger partial charge in [-0.3, -0.25) is 0 Å². The molecule has 1 saturated heterocycles. The van der Waals surface area contributed by atoms with E-state index in [1.54, 1.807) is 0 Å². The highest BCUT2D eigenvalue weighted by Gasteiger charge is 2.27. The highest BCUT2D eigenvalue weighted by molar-refractivity contribution is 7.89. The number of nitrogens with two attached hydrogens (primary N) is 2. The summed E-state index contributed by atoms with van der Waals surface area (Å²) in [5, 5.41) is 4.89. The minimum Gasteiger partial charge on any atom is -1.00 e. The van der Waals surface area contributed by atoms with Crippen molar-refractivity contribution in [2.75, 3.05) is 38.6 Å². The molecule has 86 valence electrons. The SMILES string of the molecule is N[N+]1(CCS(N)(=O)=O)CCOCC1.[Cl-]. The molecule has 1 heterocycles. The Balaban J connectivity index is 0.00000169. The molecule has 0 amide bonds. The molecule has 4 N–H and O–H groups in total. The Bertz CT molecular complexity index is 263. The number of ether oxygens (including phenoxy) is 1. The van der Waals surface area contributed by atoms with Gasteiger partial charge in [-0.05, 0) is 0 Å². The smallest absolute Gasteiger partial charge is 0.214 e.